The number of amides is 1. The fourth-order valence-electron chi connectivity index (χ4n) is 1.85. The van der Waals surface area contributed by atoms with Crippen LogP contribution < -0.4 is 11.1 Å². The summed E-state index contributed by atoms with van der Waals surface area (Å²) in [5.74, 6) is -0.0388. The number of rotatable bonds is 3. The van der Waals surface area contributed by atoms with Crippen molar-refractivity contribution in [1.29, 1.82) is 0 Å². The molecule has 17 heavy (non-hydrogen) atoms. The van der Waals surface area contributed by atoms with E-state index < -0.39 is 0 Å². The highest BCUT2D eigenvalue weighted by atomic mass is 16.1. The lowest BCUT2D eigenvalue weighted by molar-refractivity contribution is 0.0955. The first kappa shape index (κ1) is 11.5. The lowest BCUT2D eigenvalue weighted by atomic mass is 10.0. The van der Waals surface area contributed by atoms with Crippen molar-refractivity contribution in [1.82, 2.24) is 5.32 Å². The molecule has 0 unspecified atom stereocenters. The normalized spacial score (nSPS) is 10.4. The molecular weight excluding hydrogens is 212 g/mol. The van der Waals surface area contributed by atoms with Crippen LogP contribution in [0.2, 0.25) is 0 Å². The average molecular weight is 228 g/mol. The number of fused-ring (bicyclic) bond motifs is 1. The van der Waals surface area contributed by atoms with Crippen LogP contribution in [-0.4, -0.2) is 12.5 Å². The van der Waals surface area contributed by atoms with Gasteiger partial charge in [0.05, 0.1) is 0 Å². The van der Waals surface area contributed by atoms with Gasteiger partial charge in [0.25, 0.3) is 5.91 Å². The highest BCUT2D eigenvalue weighted by Gasteiger charge is 2.10. The van der Waals surface area contributed by atoms with E-state index in [0.29, 0.717) is 17.8 Å². The zero-order valence-corrected chi connectivity index (χ0v) is 9.86. The van der Waals surface area contributed by atoms with Crippen LogP contribution in [0.4, 0.5) is 5.69 Å². The molecule has 0 aliphatic rings. The van der Waals surface area contributed by atoms with Crippen LogP contribution in [0.5, 0.6) is 0 Å². The third-order valence-corrected chi connectivity index (χ3v) is 2.74. The fraction of sp³-hybridized carbons (Fsp3) is 0.214. The van der Waals surface area contributed by atoms with Gasteiger partial charge in [-0.1, -0.05) is 31.2 Å². The molecule has 0 aromatic heterocycles. The van der Waals surface area contributed by atoms with E-state index in [9.17, 15) is 4.79 Å². The van der Waals surface area contributed by atoms with Gasteiger partial charge in [-0.2, -0.15) is 0 Å². The molecule has 1 amide bonds. The summed E-state index contributed by atoms with van der Waals surface area (Å²) < 4.78 is 0. The summed E-state index contributed by atoms with van der Waals surface area (Å²) in [6.45, 7) is 2.72. The fourth-order valence-corrected chi connectivity index (χ4v) is 1.85. The van der Waals surface area contributed by atoms with Gasteiger partial charge in [0.15, 0.2) is 0 Å². The lowest BCUT2D eigenvalue weighted by Crippen LogP contribution is -2.24. The molecule has 88 valence electrons. The first-order valence-corrected chi connectivity index (χ1v) is 5.79. The second-order valence-corrected chi connectivity index (χ2v) is 4.00. The molecule has 0 radical (unpaired) electrons. The summed E-state index contributed by atoms with van der Waals surface area (Å²) in [7, 11) is 0. The predicted molar refractivity (Wildman–Crippen MR) is 71.0 cm³/mol. The summed E-state index contributed by atoms with van der Waals surface area (Å²) in [5, 5.41) is 4.71. The molecule has 0 saturated carbocycles. The Balaban J connectivity index is 2.48. The largest absolute Gasteiger partial charge is 0.398 e. The maximum atomic E-state index is 12.0. The molecule has 0 fully saturated rings. The molecule has 0 saturated heterocycles. The Morgan fingerprint density at radius 1 is 1.18 bits per heavy atom. The molecule has 3 heteroatoms. The molecule has 3 N–H and O–H groups in total. The lowest BCUT2D eigenvalue weighted by Gasteiger charge is -2.08. The van der Waals surface area contributed by atoms with Crippen molar-refractivity contribution in [2.75, 3.05) is 12.3 Å². The highest BCUT2D eigenvalue weighted by molar-refractivity contribution is 6.09. The molecule has 0 aliphatic heterocycles. The minimum atomic E-state index is -0.0388. The number of anilines is 1. The number of nitrogens with one attached hydrogen (secondary N) is 1. The van der Waals surface area contributed by atoms with E-state index in [2.05, 4.69) is 5.32 Å². The number of carbonyl (C=O) groups is 1. The van der Waals surface area contributed by atoms with Crippen LogP contribution in [0.25, 0.3) is 10.8 Å². The van der Waals surface area contributed by atoms with Crippen molar-refractivity contribution in [3.05, 3.63) is 42.0 Å². The van der Waals surface area contributed by atoms with Gasteiger partial charge in [-0.05, 0) is 23.9 Å². The number of nitrogens with two attached hydrogens (primary N) is 1. The predicted octanol–water partition coefficient (Wildman–Crippen LogP) is 2.56. The molecule has 2 rings (SSSR count). The van der Waals surface area contributed by atoms with Gasteiger partial charge in [-0.25, -0.2) is 0 Å². The second kappa shape index (κ2) is 4.87. The molecular formula is C14H16N2O. The third-order valence-electron chi connectivity index (χ3n) is 2.74. The molecule has 0 heterocycles. The quantitative estimate of drug-likeness (QED) is 0.793. The maximum absolute atomic E-state index is 12.0. The average Bonchev–Trinajstić information content (AvgIpc) is 2.37. The highest BCUT2D eigenvalue weighted by Crippen LogP contribution is 2.24. The Morgan fingerprint density at radius 3 is 2.59 bits per heavy atom. The smallest absolute Gasteiger partial charge is 0.251 e. The van der Waals surface area contributed by atoms with Crippen molar-refractivity contribution >= 4 is 22.4 Å². The monoisotopic (exact) mass is 228 g/mol. The zero-order chi connectivity index (χ0) is 12.3. The van der Waals surface area contributed by atoms with Crippen molar-refractivity contribution in [2.24, 2.45) is 0 Å². The Morgan fingerprint density at radius 2 is 1.88 bits per heavy atom. The molecule has 2 aromatic carbocycles. The van der Waals surface area contributed by atoms with E-state index in [1.54, 1.807) is 12.1 Å². The van der Waals surface area contributed by atoms with Gasteiger partial charge in [0, 0.05) is 23.2 Å². The summed E-state index contributed by atoms with van der Waals surface area (Å²) >= 11 is 0. The van der Waals surface area contributed by atoms with Gasteiger partial charge < -0.3 is 11.1 Å². The van der Waals surface area contributed by atoms with Crippen LogP contribution in [0.1, 0.15) is 23.7 Å². The number of nitrogen functional groups attached to an aromatic ring is 1. The summed E-state index contributed by atoms with van der Waals surface area (Å²) in [5.41, 5.74) is 7.28. The minimum absolute atomic E-state index is 0.0388. The van der Waals surface area contributed by atoms with Crippen molar-refractivity contribution in [3.63, 3.8) is 0 Å². The standard InChI is InChI=1S/C14H16N2O/c1-2-9-16-14(17)12-7-8-13(15)11-6-4-3-5-10(11)12/h3-8H,2,9,15H2,1H3,(H,16,17). The van der Waals surface area contributed by atoms with E-state index in [-0.39, 0.29) is 5.91 Å². The van der Waals surface area contributed by atoms with E-state index in [1.165, 1.54) is 0 Å². The van der Waals surface area contributed by atoms with Crippen LogP contribution >= 0.6 is 0 Å². The zero-order valence-electron chi connectivity index (χ0n) is 9.86. The SMILES string of the molecule is CCCNC(=O)c1ccc(N)c2ccccc12. The Hall–Kier alpha value is -2.03. The van der Waals surface area contributed by atoms with Crippen LogP contribution in [0.15, 0.2) is 36.4 Å². The molecule has 3 nitrogen and oxygen atoms in total. The maximum Gasteiger partial charge on any atom is 0.251 e. The summed E-state index contributed by atoms with van der Waals surface area (Å²) in [4.78, 5) is 12.0. The number of carbonyl (C=O) groups excluding carboxylic acids is 1. The van der Waals surface area contributed by atoms with Gasteiger partial charge in [0.1, 0.15) is 0 Å². The Bertz CT molecular complexity index is 549. The third kappa shape index (κ3) is 2.23. The Kier molecular flexibility index (Phi) is 3.28. The molecule has 0 atom stereocenters. The summed E-state index contributed by atoms with van der Waals surface area (Å²) in [6, 6.07) is 11.3. The first-order valence-electron chi connectivity index (χ1n) is 5.79. The number of hydrogen-bond acceptors (Lipinski definition) is 2. The van der Waals surface area contributed by atoms with Crippen LogP contribution in [0, 0.1) is 0 Å². The van der Waals surface area contributed by atoms with E-state index >= 15 is 0 Å². The van der Waals surface area contributed by atoms with Gasteiger partial charge in [-0.15, -0.1) is 0 Å². The van der Waals surface area contributed by atoms with E-state index in [1.807, 2.05) is 31.2 Å². The number of benzene rings is 2. The van der Waals surface area contributed by atoms with Gasteiger partial charge in [-0.3, -0.25) is 4.79 Å². The topological polar surface area (TPSA) is 55.1 Å². The van der Waals surface area contributed by atoms with Gasteiger partial charge in [0.2, 0.25) is 0 Å². The molecule has 0 spiro atoms. The van der Waals surface area contributed by atoms with Crippen LogP contribution in [0.3, 0.4) is 0 Å². The molecule has 2 aromatic rings. The van der Waals surface area contributed by atoms with Crippen molar-refractivity contribution in [3.8, 4) is 0 Å². The molecule has 0 aliphatic carbocycles. The van der Waals surface area contributed by atoms with Crippen molar-refractivity contribution < 1.29 is 4.79 Å². The molecule has 0 bridgehead atoms. The van der Waals surface area contributed by atoms with Crippen LogP contribution in [-0.2, 0) is 0 Å². The van der Waals surface area contributed by atoms with Crippen molar-refractivity contribution in [2.45, 2.75) is 13.3 Å². The van der Waals surface area contributed by atoms with Gasteiger partial charge >= 0.3 is 0 Å². The second-order valence-electron chi connectivity index (χ2n) is 4.00. The van der Waals surface area contributed by atoms with E-state index in [0.717, 1.165) is 17.2 Å². The van der Waals surface area contributed by atoms with E-state index in [4.69, 9.17) is 5.73 Å². The Labute approximate surface area is 101 Å². The first-order chi connectivity index (χ1) is 8.24. The number of hydrogen-bond donors (Lipinski definition) is 2. The minimum Gasteiger partial charge on any atom is -0.398 e. The summed E-state index contributed by atoms with van der Waals surface area (Å²) in [6.07, 6.45) is 0.929.